The molecule has 0 N–H and O–H groups in total. The van der Waals surface area contributed by atoms with Gasteiger partial charge in [-0.25, -0.2) is 0 Å². The van der Waals surface area contributed by atoms with Crippen LogP contribution in [-0.4, -0.2) is 24.2 Å². The van der Waals surface area contributed by atoms with Crippen molar-refractivity contribution in [3.05, 3.63) is 35.4 Å². The van der Waals surface area contributed by atoms with Crippen LogP contribution in [-0.2, 0) is 14.3 Å². The van der Waals surface area contributed by atoms with E-state index >= 15 is 0 Å². The number of rotatable bonds is 7. The maximum Gasteiger partial charge on any atom is 0.306 e. The molecule has 1 aromatic carbocycles. The number of hydrogen-bond acceptors (Lipinski definition) is 3. The normalized spacial score (nSPS) is 11.9. The third-order valence-electron chi connectivity index (χ3n) is 2.89. The number of esters is 1. The molecule has 0 spiro atoms. The third kappa shape index (κ3) is 5.43. The standard InChI is InChI=1S/C15H19ClO3/c1-3-19-15(18)9-13(8-14(17)10-16)12-6-4-11(2)5-7-12/h4-7,13H,3,8-10H2,1-2H3. The van der Waals surface area contributed by atoms with Crippen molar-refractivity contribution in [2.24, 2.45) is 0 Å². The predicted octanol–water partition coefficient (Wildman–Crippen LogP) is 3.23. The minimum atomic E-state index is -0.282. The molecular formula is C15H19ClO3. The van der Waals surface area contributed by atoms with E-state index in [1.807, 2.05) is 31.2 Å². The number of carbonyl (C=O) groups is 2. The second-order valence-corrected chi connectivity index (χ2v) is 4.76. The van der Waals surface area contributed by atoms with Gasteiger partial charge in [-0.1, -0.05) is 29.8 Å². The molecule has 0 radical (unpaired) electrons. The highest BCUT2D eigenvalue weighted by Crippen LogP contribution is 2.25. The zero-order valence-corrected chi connectivity index (χ0v) is 12.1. The fourth-order valence-corrected chi connectivity index (χ4v) is 2.01. The highest BCUT2D eigenvalue weighted by molar-refractivity contribution is 6.27. The molecule has 0 bridgehead atoms. The van der Waals surface area contributed by atoms with E-state index in [0.29, 0.717) is 6.61 Å². The maximum atomic E-state index is 11.6. The van der Waals surface area contributed by atoms with Crippen LogP contribution >= 0.6 is 11.6 Å². The van der Waals surface area contributed by atoms with Crippen molar-refractivity contribution in [1.82, 2.24) is 0 Å². The van der Waals surface area contributed by atoms with Gasteiger partial charge in [-0.2, -0.15) is 0 Å². The monoisotopic (exact) mass is 282 g/mol. The molecule has 0 heterocycles. The lowest BCUT2D eigenvalue weighted by molar-refractivity contribution is -0.143. The number of alkyl halides is 1. The van der Waals surface area contributed by atoms with E-state index in [1.54, 1.807) is 6.92 Å². The number of halogens is 1. The molecule has 0 saturated carbocycles. The van der Waals surface area contributed by atoms with Crippen molar-refractivity contribution in [2.45, 2.75) is 32.6 Å². The zero-order chi connectivity index (χ0) is 14.3. The predicted molar refractivity (Wildman–Crippen MR) is 75.5 cm³/mol. The van der Waals surface area contributed by atoms with Gasteiger partial charge in [0.05, 0.1) is 18.9 Å². The summed E-state index contributed by atoms with van der Waals surface area (Å²) < 4.78 is 4.95. The molecule has 0 fully saturated rings. The average Bonchev–Trinajstić information content (AvgIpc) is 2.39. The summed E-state index contributed by atoms with van der Waals surface area (Å²) >= 11 is 5.54. The lowest BCUT2D eigenvalue weighted by Crippen LogP contribution is -2.14. The van der Waals surface area contributed by atoms with Crippen LogP contribution in [0.4, 0.5) is 0 Å². The Balaban J connectivity index is 2.82. The average molecular weight is 283 g/mol. The van der Waals surface area contributed by atoms with E-state index in [4.69, 9.17) is 16.3 Å². The van der Waals surface area contributed by atoms with Crippen LogP contribution in [0.2, 0.25) is 0 Å². The Kier molecular flexibility index (Phi) is 6.57. The number of ketones is 1. The first-order valence-corrected chi connectivity index (χ1v) is 6.90. The fraction of sp³-hybridized carbons (Fsp3) is 0.467. The molecule has 0 aromatic heterocycles. The number of ether oxygens (including phenoxy) is 1. The molecule has 19 heavy (non-hydrogen) atoms. The lowest BCUT2D eigenvalue weighted by atomic mass is 9.90. The first-order valence-electron chi connectivity index (χ1n) is 6.36. The van der Waals surface area contributed by atoms with Gasteiger partial charge in [-0.3, -0.25) is 9.59 Å². The van der Waals surface area contributed by atoms with Crippen molar-refractivity contribution in [2.75, 3.05) is 12.5 Å². The van der Waals surface area contributed by atoms with Gasteiger partial charge >= 0.3 is 5.97 Å². The highest BCUT2D eigenvalue weighted by Gasteiger charge is 2.19. The molecule has 1 rings (SSSR count). The number of Topliss-reactive ketones (excluding diaryl/α,β-unsaturated/α-hetero) is 1. The quantitative estimate of drug-likeness (QED) is 0.570. The molecule has 1 unspecified atom stereocenters. The third-order valence-corrected chi connectivity index (χ3v) is 3.19. The zero-order valence-electron chi connectivity index (χ0n) is 11.3. The summed E-state index contributed by atoms with van der Waals surface area (Å²) in [5.74, 6) is -0.525. The van der Waals surface area contributed by atoms with E-state index in [-0.39, 0.29) is 36.4 Å². The molecule has 0 aliphatic carbocycles. The fourth-order valence-electron chi connectivity index (χ4n) is 1.90. The smallest absolute Gasteiger partial charge is 0.306 e. The summed E-state index contributed by atoms with van der Waals surface area (Å²) in [6.45, 7) is 4.11. The second-order valence-electron chi connectivity index (χ2n) is 4.49. The largest absolute Gasteiger partial charge is 0.466 e. The van der Waals surface area contributed by atoms with E-state index in [2.05, 4.69) is 0 Å². The molecule has 104 valence electrons. The molecular weight excluding hydrogens is 264 g/mol. The van der Waals surface area contributed by atoms with Crippen LogP contribution in [0.5, 0.6) is 0 Å². The minimum absolute atomic E-state index is 0.0226. The van der Waals surface area contributed by atoms with Crippen LogP contribution < -0.4 is 0 Å². The summed E-state index contributed by atoms with van der Waals surface area (Å²) in [5.41, 5.74) is 2.11. The maximum absolute atomic E-state index is 11.6. The molecule has 4 heteroatoms. The molecule has 0 aliphatic rings. The van der Waals surface area contributed by atoms with Crippen LogP contribution in [0.1, 0.15) is 36.8 Å². The minimum Gasteiger partial charge on any atom is -0.466 e. The Morgan fingerprint density at radius 2 is 1.84 bits per heavy atom. The molecule has 3 nitrogen and oxygen atoms in total. The van der Waals surface area contributed by atoms with Crippen molar-refractivity contribution >= 4 is 23.4 Å². The van der Waals surface area contributed by atoms with Gasteiger partial charge in [0.1, 0.15) is 5.78 Å². The van der Waals surface area contributed by atoms with Crippen molar-refractivity contribution < 1.29 is 14.3 Å². The number of carbonyl (C=O) groups excluding carboxylic acids is 2. The first-order chi connectivity index (χ1) is 9.06. The van der Waals surface area contributed by atoms with Gasteiger partial charge in [0.25, 0.3) is 0 Å². The molecule has 1 aromatic rings. The molecule has 0 saturated heterocycles. The van der Waals surface area contributed by atoms with Gasteiger partial charge < -0.3 is 4.74 Å². The van der Waals surface area contributed by atoms with E-state index in [9.17, 15) is 9.59 Å². The Morgan fingerprint density at radius 1 is 1.21 bits per heavy atom. The van der Waals surface area contributed by atoms with Crippen LogP contribution in [0.3, 0.4) is 0 Å². The molecule has 0 aliphatic heterocycles. The molecule has 0 amide bonds. The van der Waals surface area contributed by atoms with Gasteiger partial charge in [0.15, 0.2) is 0 Å². The van der Waals surface area contributed by atoms with Crippen LogP contribution in [0, 0.1) is 6.92 Å². The summed E-state index contributed by atoms with van der Waals surface area (Å²) in [6, 6.07) is 7.83. The van der Waals surface area contributed by atoms with Crippen molar-refractivity contribution in [3.8, 4) is 0 Å². The molecule has 1 atom stereocenters. The number of benzene rings is 1. The highest BCUT2D eigenvalue weighted by atomic mass is 35.5. The first kappa shape index (κ1) is 15.7. The number of aryl methyl sites for hydroxylation is 1. The van der Waals surface area contributed by atoms with Gasteiger partial charge in [0, 0.05) is 12.3 Å². The Hall–Kier alpha value is -1.35. The van der Waals surface area contributed by atoms with Crippen molar-refractivity contribution in [1.29, 1.82) is 0 Å². The SMILES string of the molecule is CCOC(=O)CC(CC(=O)CCl)c1ccc(C)cc1. The number of hydrogen-bond donors (Lipinski definition) is 0. The summed E-state index contributed by atoms with van der Waals surface area (Å²) in [4.78, 5) is 23.1. The summed E-state index contributed by atoms with van der Waals surface area (Å²) in [6.07, 6.45) is 0.477. The Morgan fingerprint density at radius 3 is 2.37 bits per heavy atom. The topological polar surface area (TPSA) is 43.4 Å². The Labute approximate surface area is 118 Å². The lowest BCUT2D eigenvalue weighted by Gasteiger charge is -2.15. The van der Waals surface area contributed by atoms with Crippen LogP contribution in [0.15, 0.2) is 24.3 Å². The Bertz CT molecular complexity index is 426. The van der Waals surface area contributed by atoms with E-state index in [0.717, 1.165) is 11.1 Å². The summed E-state index contributed by atoms with van der Waals surface area (Å²) in [7, 11) is 0. The van der Waals surface area contributed by atoms with E-state index in [1.165, 1.54) is 0 Å². The van der Waals surface area contributed by atoms with Gasteiger partial charge in [-0.05, 0) is 19.4 Å². The van der Waals surface area contributed by atoms with Gasteiger partial charge in [0.2, 0.25) is 0 Å². The van der Waals surface area contributed by atoms with E-state index < -0.39 is 0 Å². The summed E-state index contributed by atoms with van der Waals surface area (Å²) in [5, 5.41) is 0. The van der Waals surface area contributed by atoms with Crippen molar-refractivity contribution in [3.63, 3.8) is 0 Å². The second kappa shape index (κ2) is 7.95. The van der Waals surface area contributed by atoms with Gasteiger partial charge in [-0.15, -0.1) is 11.6 Å². The van der Waals surface area contributed by atoms with Crippen LogP contribution in [0.25, 0.3) is 0 Å².